The van der Waals surface area contributed by atoms with Crippen LogP contribution in [0.25, 0.3) is 0 Å². The highest BCUT2D eigenvalue weighted by Crippen LogP contribution is 2.05. The molecule has 5 heteroatoms. The van der Waals surface area contributed by atoms with E-state index < -0.39 is 22.3 Å². The summed E-state index contributed by atoms with van der Waals surface area (Å²) < 4.78 is 25.6. The number of esters is 1. The summed E-state index contributed by atoms with van der Waals surface area (Å²) in [6.45, 7) is 3.68. The molecule has 0 aliphatic heterocycles. The molecule has 0 aromatic rings. The average Bonchev–Trinajstić information content (AvgIpc) is 1.99. The topological polar surface area (TPSA) is 66.4 Å². The lowest BCUT2D eigenvalue weighted by molar-refractivity contribution is -0.142. The lowest BCUT2D eigenvalue weighted by Crippen LogP contribution is -2.27. The summed E-state index contributed by atoms with van der Waals surface area (Å²) in [6, 6.07) is 0. The molecule has 0 aliphatic carbocycles. The summed E-state index contributed by atoms with van der Waals surface area (Å²) in [5, 5.41) is -0.991. The number of hydrogen-bond acceptors (Lipinski definition) is 4. The van der Waals surface area contributed by atoms with Gasteiger partial charge in [-0.3, -0.25) is 9.00 Å². The molecule has 0 spiro atoms. The Hall–Kier alpha value is -0.420. The van der Waals surface area contributed by atoms with Crippen LogP contribution < -0.4 is 0 Å². The van der Waals surface area contributed by atoms with E-state index in [0.29, 0.717) is 12.8 Å². The van der Waals surface area contributed by atoms with Crippen molar-refractivity contribution in [3.05, 3.63) is 0 Å². The van der Waals surface area contributed by atoms with Crippen molar-refractivity contribution in [2.24, 2.45) is 0 Å². The first-order valence-electron chi connectivity index (χ1n) is 3.88. The number of rotatable bonds is 5. The zero-order valence-electron chi connectivity index (χ0n) is 7.24. The monoisotopic (exact) mass is 193 g/mol. The van der Waals surface area contributed by atoms with Gasteiger partial charge in [0.2, 0.25) is 0 Å². The van der Waals surface area contributed by atoms with Crippen molar-refractivity contribution in [3.8, 4) is 0 Å². The molecule has 0 aromatic heterocycles. The minimum atomic E-state index is -2.36. The Morgan fingerprint density at radius 1 is 1.58 bits per heavy atom. The second kappa shape index (κ2) is 6.14. The molecule has 0 saturated heterocycles. The average molecular weight is 193 g/mol. The van der Waals surface area contributed by atoms with Gasteiger partial charge in [0.25, 0.3) is 0 Å². The number of carbonyl (C=O) groups excluding carboxylic acids is 1. The molecule has 0 fully saturated rings. The maximum Gasteiger partial charge on any atom is 0.320 e. The van der Waals surface area contributed by atoms with Gasteiger partial charge in [-0.1, -0.05) is 13.3 Å². The third-order valence-electron chi connectivity index (χ3n) is 1.33. The van der Waals surface area contributed by atoms with E-state index in [1.54, 1.807) is 6.92 Å². The molecule has 0 heterocycles. The molecular weight excluding hydrogens is 180 g/mol. The van der Waals surface area contributed by atoms with Crippen molar-refractivity contribution in [1.29, 1.82) is 0 Å². The van der Waals surface area contributed by atoms with Crippen molar-refractivity contribution >= 4 is 17.0 Å². The zero-order valence-corrected chi connectivity index (χ0v) is 8.06. The Morgan fingerprint density at radius 2 is 2.17 bits per heavy atom. The van der Waals surface area contributed by atoms with Gasteiger partial charge in [0, 0.05) is 0 Å². The highest BCUT2D eigenvalue weighted by Gasteiger charge is 2.19. The molecule has 4 nitrogen and oxygen atoms in total. The maximum atomic E-state index is 11.0. The summed E-state index contributed by atoms with van der Waals surface area (Å²) in [5.41, 5.74) is 0. The van der Waals surface area contributed by atoms with Gasteiger partial charge < -0.3 is 9.29 Å². The smallest absolute Gasteiger partial charge is 0.320 e. The molecule has 0 N–H and O–H groups in total. The fourth-order valence-corrected chi connectivity index (χ4v) is 1.44. The number of ether oxygens (including phenoxy) is 1. The minimum absolute atomic E-state index is 0.218. The van der Waals surface area contributed by atoms with E-state index >= 15 is 0 Å². The number of hydrogen-bond donors (Lipinski definition) is 0. The minimum Gasteiger partial charge on any atom is -0.772 e. The normalized spacial score (nSPS) is 15.2. The van der Waals surface area contributed by atoms with Gasteiger partial charge in [0.15, 0.2) is 0 Å². The Labute approximate surface area is 74.6 Å². The zero-order chi connectivity index (χ0) is 9.56. The quantitative estimate of drug-likeness (QED) is 0.473. The predicted molar refractivity (Wildman–Crippen MR) is 44.2 cm³/mol. The van der Waals surface area contributed by atoms with Crippen LogP contribution in [-0.2, 0) is 20.6 Å². The fourth-order valence-electron chi connectivity index (χ4n) is 0.790. The van der Waals surface area contributed by atoms with E-state index in [-0.39, 0.29) is 6.61 Å². The van der Waals surface area contributed by atoms with Crippen LogP contribution in [0.2, 0.25) is 0 Å². The molecule has 0 rings (SSSR count). The largest absolute Gasteiger partial charge is 0.772 e. The van der Waals surface area contributed by atoms with E-state index in [9.17, 15) is 13.6 Å². The third-order valence-corrected chi connectivity index (χ3v) is 2.23. The first-order valence-corrected chi connectivity index (χ1v) is 5.02. The van der Waals surface area contributed by atoms with Crippen LogP contribution in [0, 0.1) is 0 Å². The summed E-state index contributed by atoms with van der Waals surface area (Å²) in [7, 11) is 0. The molecule has 0 radical (unpaired) electrons. The van der Waals surface area contributed by atoms with E-state index in [2.05, 4.69) is 4.74 Å². The lowest BCUT2D eigenvalue weighted by Gasteiger charge is -2.16. The SMILES string of the molecule is CCCC(C(=O)OCC)S(=O)[O-]. The Morgan fingerprint density at radius 3 is 2.50 bits per heavy atom. The first kappa shape index (κ1) is 11.6. The molecule has 0 aliphatic rings. The Balaban J connectivity index is 4.09. The molecule has 0 bridgehead atoms. The lowest BCUT2D eigenvalue weighted by atomic mass is 10.2. The van der Waals surface area contributed by atoms with E-state index in [4.69, 9.17) is 0 Å². The molecule has 2 unspecified atom stereocenters. The second-order valence-electron chi connectivity index (χ2n) is 2.29. The van der Waals surface area contributed by atoms with Crippen molar-refractivity contribution < 1.29 is 18.3 Å². The molecule has 12 heavy (non-hydrogen) atoms. The number of carbonyl (C=O) groups is 1. The third kappa shape index (κ3) is 3.82. The summed E-state index contributed by atoms with van der Waals surface area (Å²) in [4.78, 5) is 11.0. The van der Waals surface area contributed by atoms with Gasteiger partial charge in [0.05, 0.1) is 6.61 Å². The van der Waals surface area contributed by atoms with E-state index in [0.717, 1.165) is 0 Å². The fraction of sp³-hybridized carbons (Fsp3) is 0.857. The van der Waals surface area contributed by atoms with Crippen molar-refractivity contribution in [3.63, 3.8) is 0 Å². The van der Waals surface area contributed by atoms with Crippen LogP contribution in [0.4, 0.5) is 0 Å². The molecule has 72 valence electrons. The van der Waals surface area contributed by atoms with E-state index in [1.807, 2.05) is 6.92 Å². The van der Waals surface area contributed by atoms with Gasteiger partial charge in [-0.25, -0.2) is 0 Å². The van der Waals surface area contributed by atoms with Crippen LogP contribution >= 0.6 is 0 Å². The molecule has 0 saturated carbocycles. The van der Waals surface area contributed by atoms with Crippen LogP contribution in [0.3, 0.4) is 0 Å². The van der Waals surface area contributed by atoms with Gasteiger partial charge in [-0.15, -0.1) is 0 Å². The highest BCUT2D eigenvalue weighted by atomic mass is 32.2. The molecular formula is C7H13O4S-. The molecule has 0 aromatic carbocycles. The summed E-state index contributed by atoms with van der Waals surface area (Å²) in [5.74, 6) is -0.646. The predicted octanol–water partition coefficient (Wildman–Crippen LogP) is 0.597. The highest BCUT2D eigenvalue weighted by molar-refractivity contribution is 7.80. The van der Waals surface area contributed by atoms with Crippen LogP contribution in [0.1, 0.15) is 26.7 Å². The summed E-state index contributed by atoms with van der Waals surface area (Å²) >= 11 is -2.36. The Bertz CT molecular complexity index is 169. The molecule has 0 amide bonds. The standard InChI is InChI=1S/C7H14O4S/c1-3-5-6(12(9)10)7(8)11-4-2/h6H,3-5H2,1-2H3,(H,9,10)/p-1. The van der Waals surface area contributed by atoms with Crippen molar-refractivity contribution in [2.75, 3.05) is 6.61 Å². The first-order chi connectivity index (χ1) is 5.63. The van der Waals surface area contributed by atoms with Crippen LogP contribution in [-0.4, -0.2) is 26.6 Å². The van der Waals surface area contributed by atoms with Crippen molar-refractivity contribution in [2.45, 2.75) is 31.9 Å². The van der Waals surface area contributed by atoms with E-state index in [1.165, 1.54) is 0 Å². The Kier molecular flexibility index (Phi) is 5.92. The summed E-state index contributed by atoms with van der Waals surface area (Å²) in [6.07, 6.45) is 0.979. The van der Waals surface area contributed by atoms with Gasteiger partial charge in [-0.05, 0) is 24.4 Å². The van der Waals surface area contributed by atoms with Gasteiger partial charge in [-0.2, -0.15) is 0 Å². The van der Waals surface area contributed by atoms with Crippen LogP contribution in [0.5, 0.6) is 0 Å². The van der Waals surface area contributed by atoms with Crippen LogP contribution in [0.15, 0.2) is 0 Å². The van der Waals surface area contributed by atoms with Gasteiger partial charge >= 0.3 is 5.97 Å². The maximum absolute atomic E-state index is 11.0. The van der Waals surface area contributed by atoms with Crippen molar-refractivity contribution in [1.82, 2.24) is 0 Å². The second-order valence-corrected chi connectivity index (χ2v) is 3.38. The molecule has 2 atom stereocenters. The van der Waals surface area contributed by atoms with Gasteiger partial charge in [0.1, 0.15) is 5.25 Å².